The van der Waals surface area contributed by atoms with E-state index in [1.165, 1.54) is 17.8 Å². The summed E-state index contributed by atoms with van der Waals surface area (Å²) in [6, 6.07) is 8.30. The van der Waals surface area contributed by atoms with Crippen LogP contribution >= 0.6 is 24.2 Å². The summed E-state index contributed by atoms with van der Waals surface area (Å²) in [5.41, 5.74) is 2.03. The van der Waals surface area contributed by atoms with Crippen molar-refractivity contribution in [3.8, 4) is 0 Å². The predicted molar refractivity (Wildman–Crippen MR) is 139 cm³/mol. The van der Waals surface area contributed by atoms with Gasteiger partial charge in [-0.2, -0.15) is 13.2 Å². The zero-order chi connectivity index (χ0) is 24.3. The van der Waals surface area contributed by atoms with Crippen molar-refractivity contribution < 1.29 is 18.0 Å². The van der Waals surface area contributed by atoms with Gasteiger partial charge in [0.2, 0.25) is 0 Å². The van der Waals surface area contributed by atoms with Crippen LogP contribution in [-0.2, 0) is 11.0 Å². The van der Waals surface area contributed by atoms with Crippen LogP contribution in [0.4, 0.5) is 35.9 Å². The van der Waals surface area contributed by atoms with Crippen molar-refractivity contribution >= 4 is 52.7 Å². The smallest absolute Gasteiger partial charge is 0.376 e. The van der Waals surface area contributed by atoms with E-state index in [1.807, 2.05) is 37.2 Å². The van der Waals surface area contributed by atoms with Crippen molar-refractivity contribution in [1.82, 2.24) is 10.2 Å². The number of ketones is 1. The van der Waals surface area contributed by atoms with Gasteiger partial charge in [0.1, 0.15) is 0 Å². The fraction of sp³-hybridized carbons (Fsp3) is 0.458. The Kier molecular flexibility index (Phi) is 9.20. The summed E-state index contributed by atoms with van der Waals surface area (Å²) < 4.78 is 40.9. The standard InChI is InChI=1S/C24H30F3N5OS.ClH/c1-31(2)10-7-28-14-18(33)15-29-20-11-16(24(25,26)27)12-22-23(20)30-19-6-5-17(13-21(19)34-22)32-8-3-4-9-32;/h5-6,11-13,28-30H,3-4,7-10,14-15H2,1-2H3;1H. The highest BCUT2D eigenvalue weighted by Gasteiger charge is 2.33. The normalized spacial score (nSPS) is 14.7. The molecule has 35 heavy (non-hydrogen) atoms. The summed E-state index contributed by atoms with van der Waals surface area (Å²) in [6.07, 6.45) is -2.18. The summed E-state index contributed by atoms with van der Waals surface area (Å²) in [5.74, 6) is -0.121. The first kappa shape index (κ1) is 27.4. The number of likely N-dealkylation sites (N-methyl/N-ethyl adjacent to an activating group) is 1. The van der Waals surface area contributed by atoms with Crippen LogP contribution in [0.15, 0.2) is 40.1 Å². The molecule has 1 saturated heterocycles. The third-order valence-electron chi connectivity index (χ3n) is 5.88. The molecular weight excluding hydrogens is 499 g/mol. The third kappa shape index (κ3) is 6.97. The molecule has 2 aromatic rings. The predicted octanol–water partition coefficient (Wildman–Crippen LogP) is 5.07. The van der Waals surface area contributed by atoms with Gasteiger partial charge in [0.25, 0.3) is 0 Å². The lowest BCUT2D eigenvalue weighted by atomic mass is 10.1. The molecule has 2 aliphatic heterocycles. The van der Waals surface area contributed by atoms with E-state index in [-0.39, 0.29) is 37.0 Å². The molecule has 2 heterocycles. The van der Waals surface area contributed by atoms with Gasteiger partial charge < -0.3 is 25.8 Å². The topological polar surface area (TPSA) is 59.6 Å². The average molecular weight is 530 g/mol. The number of alkyl halides is 3. The first-order valence-electron chi connectivity index (χ1n) is 11.4. The van der Waals surface area contributed by atoms with Gasteiger partial charge >= 0.3 is 6.18 Å². The van der Waals surface area contributed by atoms with E-state index in [4.69, 9.17) is 0 Å². The zero-order valence-electron chi connectivity index (χ0n) is 19.8. The molecule has 0 unspecified atom stereocenters. The molecule has 0 amide bonds. The SMILES string of the molecule is CN(C)CCNCC(=O)CNc1cc(C(F)(F)F)cc2c1Nc1ccc(N3CCCC3)cc1S2.Cl. The Bertz CT molecular complexity index is 1040. The van der Waals surface area contributed by atoms with E-state index in [0.717, 1.165) is 54.8 Å². The Hall–Kier alpha value is -2.14. The molecule has 0 spiro atoms. The van der Waals surface area contributed by atoms with Gasteiger partial charge in [-0.05, 0) is 57.3 Å². The first-order valence-corrected chi connectivity index (χ1v) is 12.2. The van der Waals surface area contributed by atoms with Crippen molar-refractivity contribution in [2.45, 2.75) is 28.8 Å². The number of hydrogen-bond acceptors (Lipinski definition) is 7. The Morgan fingerprint density at radius 3 is 2.54 bits per heavy atom. The molecule has 1 fully saturated rings. The van der Waals surface area contributed by atoms with Crippen LogP contribution in [0.25, 0.3) is 0 Å². The molecular formula is C24H31ClF3N5OS. The van der Waals surface area contributed by atoms with E-state index in [1.54, 1.807) is 0 Å². The molecule has 4 rings (SSSR count). The van der Waals surface area contributed by atoms with Gasteiger partial charge in [0, 0.05) is 41.7 Å². The number of carbonyl (C=O) groups is 1. The number of nitrogens with one attached hydrogen (secondary N) is 3. The van der Waals surface area contributed by atoms with Gasteiger partial charge in [-0.3, -0.25) is 4.79 Å². The van der Waals surface area contributed by atoms with Crippen LogP contribution in [0, 0.1) is 0 Å². The Balaban J connectivity index is 0.00000342. The van der Waals surface area contributed by atoms with Crippen molar-refractivity contribution in [2.24, 2.45) is 0 Å². The van der Waals surface area contributed by atoms with E-state index >= 15 is 0 Å². The summed E-state index contributed by atoms with van der Waals surface area (Å²) in [7, 11) is 3.89. The highest BCUT2D eigenvalue weighted by atomic mass is 35.5. The molecule has 6 nitrogen and oxygen atoms in total. The quantitative estimate of drug-likeness (QED) is 0.335. The number of fused-ring (bicyclic) bond motifs is 2. The van der Waals surface area contributed by atoms with E-state index in [2.05, 4.69) is 20.9 Å². The van der Waals surface area contributed by atoms with Crippen molar-refractivity contribution in [3.63, 3.8) is 0 Å². The monoisotopic (exact) mass is 529 g/mol. The summed E-state index contributed by atoms with van der Waals surface area (Å²) in [5, 5.41) is 9.29. The number of carbonyl (C=O) groups excluding carboxylic acids is 1. The maximum absolute atomic E-state index is 13.6. The molecule has 0 aromatic heterocycles. The molecule has 0 radical (unpaired) electrons. The lowest BCUT2D eigenvalue weighted by Crippen LogP contribution is -2.33. The molecule has 2 aromatic carbocycles. The van der Waals surface area contributed by atoms with Crippen LogP contribution < -0.4 is 20.9 Å². The van der Waals surface area contributed by atoms with E-state index in [9.17, 15) is 18.0 Å². The molecule has 2 aliphatic rings. The van der Waals surface area contributed by atoms with Crippen LogP contribution in [0.2, 0.25) is 0 Å². The number of anilines is 4. The highest BCUT2D eigenvalue weighted by Crippen LogP contribution is 2.50. The minimum Gasteiger partial charge on any atom is -0.376 e. The van der Waals surface area contributed by atoms with Crippen LogP contribution in [0.3, 0.4) is 0 Å². The maximum atomic E-state index is 13.6. The van der Waals surface area contributed by atoms with Crippen LogP contribution in [0.5, 0.6) is 0 Å². The Morgan fingerprint density at radius 1 is 1.11 bits per heavy atom. The largest absolute Gasteiger partial charge is 0.416 e. The molecule has 0 saturated carbocycles. The summed E-state index contributed by atoms with van der Waals surface area (Å²) in [6.45, 7) is 3.55. The number of benzene rings is 2. The molecule has 11 heteroatoms. The molecule has 0 atom stereocenters. The molecule has 192 valence electrons. The van der Waals surface area contributed by atoms with Crippen LogP contribution in [0.1, 0.15) is 18.4 Å². The van der Waals surface area contributed by atoms with Gasteiger partial charge in [-0.1, -0.05) is 11.8 Å². The van der Waals surface area contributed by atoms with Gasteiger partial charge in [0.15, 0.2) is 5.78 Å². The second kappa shape index (κ2) is 11.7. The fourth-order valence-corrected chi connectivity index (χ4v) is 5.13. The number of hydrogen-bond donors (Lipinski definition) is 3. The molecule has 0 aliphatic carbocycles. The highest BCUT2D eigenvalue weighted by molar-refractivity contribution is 7.99. The molecule has 0 bridgehead atoms. The van der Waals surface area contributed by atoms with Crippen LogP contribution in [-0.4, -0.2) is 64.0 Å². The Labute approximate surface area is 214 Å². The number of rotatable bonds is 9. The summed E-state index contributed by atoms with van der Waals surface area (Å²) >= 11 is 1.32. The number of Topliss-reactive ketones (excluding diaryl/α,β-unsaturated/α-hetero) is 1. The maximum Gasteiger partial charge on any atom is 0.416 e. The van der Waals surface area contributed by atoms with E-state index in [0.29, 0.717) is 17.1 Å². The van der Waals surface area contributed by atoms with Gasteiger partial charge in [-0.25, -0.2) is 0 Å². The second-order valence-corrected chi connectivity index (χ2v) is 9.95. The molecule has 3 N–H and O–H groups in total. The fourth-order valence-electron chi connectivity index (χ4n) is 4.04. The number of nitrogens with zero attached hydrogens (tertiary/aromatic N) is 2. The lowest BCUT2D eigenvalue weighted by Gasteiger charge is -2.27. The zero-order valence-corrected chi connectivity index (χ0v) is 21.4. The van der Waals surface area contributed by atoms with Crippen molar-refractivity contribution in [1.29, 1.82) is 0 Å². The third-order valence-corrected chi connectivity index (χ3v) is 6.98. The average Bonchev–Trinajstić information content (AvgIpc) is 3.32. The minimum absolute atomic E-state index is 0. The number of halogens is 4. The minimum atomic E-state index is -4.48. The second-order valence-electron chi connectivity index (χ2n) is 8.87. The Morgan fingerprint density at radius 2 is 1.86 bits per heavy atom. The lowest BCUT2D eigenvalue weighted by molar-refractivity contribution is -0.137. The summed E-state index contributed by atoms with van der Waals surface area (Å²) in [4.78, 5) is 18.0. The van der Waals surface area contributed by atoms with Gasteiger partial charge in [0.05, 0.1) is 35.7 Å². The van der Waals surface area contributed by atoms with Crippen molar-refractivity contribution in [3.05, 3.63) is 35.9 Å². The van der Waals surface area contributed by atoms with E-state index < -0.39 is 11.7 Å². The van der Waals surface area contributed by atoms with Gasteiger partial charge in [-0.15, -0.1) is 12.4 Å². The first-order chi connectivity index (χ1) is 16.2. The van der Waals surface area contributed by atoms with Crippen molar-refractivity contribution in [2.75, 3.05) is 68.9 Å².